The molecular formula is C5H24F6O18P6S. The van der Waals surface area contributed by atoms with E-state index in [0.29, 0.717) is 0 Å². The van der Waals surface area contributed by atoms with Crippen LogP contribution in [0, 0.1) is 0 Å². The number of rotatable bonds is 3. The first kappa shape index (κ1) is 53.1. The molecule has 0 atom stereocenters. The molecule has 18 nitrogen and oxygen atoms in total. The maximum absolute atomic E-state index is 10.4. The summed E-state index contributed by atoms with van der Waals surface area (Å²) in [7, 11) is -30.8. The molecule has 0 aliphatic rings. The minimum Gasteiger partial charge on any atom is -0.299 e. The van der Waals surface area contributed by atoms with E-state index in [1.165, 1.54) is 19.3 Å². The monoisotopic (exact) mass is 704 g/mol. The van der Waals surface area contributed by atoms with Gasteiger partial charge in [-0.25, -0.2) is 27.4 Å². The van der Waals surface area contributed by atoms with Gasteiger partial charge in [0, 0.05) is 0 Å². The maximum atomic E-state index is 10.4. The Morgan fingerprint density at radius 3 is 0.583 bits per heavy atom. The van der Waals surface area contributed by atoms with E-state index in [2.05, 4.69) is 19.6 Å². The first-order valence-electron chi connectivity index (χ1n) is 7.03. The average Bonchev–Trinajstić information content (AvgIpc) is 2.33. The second kappa shape index (κ2) is 26.1. The van der Waals surface area contributed by atoms with Crippen molar-refractivity contribution in [3.8, 4) is 0 Å². The molecule has 0 aromatic heterocycles. The highest BCUT2D eigenvalue weighted by Crippen LogP contribution is 2.37. The maximum Gasteiger partial charge on any atom is 0.507 e. The molecule has 0 radical (unpaired) electrons. The number of hydrogen-bond acceptors (Lipinski definition) is 7. The highest BCUT2D eigenvalue weighted by atomic mass is 32.1. The molecule has 12 N–H and O–H groups in total. The smallest absolute Gasteiger partial charge is 0.299 e. The van der Waals surface area contributed by atoms with Gasteiger partial charge in [0.05, 0.1) is 0 Å². The molecule has 0 unspecified atom stereocenters. The van der Waals surface area contributed by atoms with Crippen LogP contribution in [0.15, 0.2) is 0 Å². The van der Waals surface area contributed by atoms with E-state index in [1.807, 2.05) is 0 Å². The lowest BCUT2D eigenvalue weighted by molar-refractivity contribution is 0.320. The van der Waals surface area contributed by atoms with E-state index < -0.39 is 47.4 Å². The highest BCUT2D eigenvalue weighted by Gasteiger charge is 2.06. The predicted octanol–water partition coefficient (Wildman–Crippen LogP) is 2.40. The van der Waals surface area contributed by atoms with E-state index in [0.717, 1.165) is 5.75 Å². The standard InChI is InChI=1S/C5H12S.6FH2O3P/c1-2-3-4-5-6;6*1-5(2,3)4/h6H,2-5H2,1H3;6*(H2,2,3,4). The van der Waals surface area contributed by atoms with Crippen LogP contribution in [0.25, 0.3) is 0 Å². The first-order chi connectivity index (χ1) is 14.9. The van der Waals surface area contributed by atoms with E-state index in [4.69, 9.17) is 86.1 Å². The Hall–Kier alpha value is 0.830. The van der Waals surface area contributed by atoms with Gasteiger partial charge in [-0.1, -0.05) is 19.8 Å². The van der Waals surface area contributed by atoms with E-state index in [-0.39, 0.29) is 0 Å². The molecule has 0 amide bonds. The van der Waals surface area contributed by atoms with Crippen molar-refractivity contribution in [2.24, 2.45) is 0 Å². The second-order valence-electron chi connectivity index (χ2n) is 4.27. The summed E-state index contributed by atoms with van der Waals surface area (Å²) >= 11 is 4.05. The SMILES string of the molecule is CCCCCS.O=P(O)(O)F.O=P(O)(O)F.O=P(O)(O)F.O=P(O)(O)F.O=P(O)(O)F.O=P(O)(O)F. The zero-order valence-corrected chi connectivity index (χ0v) is 23.3. The van der Waals surface area contributed by atoms with Gasteiger partial charge in [0.2, 0.25) is 0 Å². The number of hydrogen-bond donors (Lipinski definition) is 13. The van der Waals surface area contributed by atoms with Crippen LogP contribution in [0.5, 0.6) is 0 Å². The summed E-state index contributed by atoms with van der Waals surface area (Å²) in [5.74, 6) is 1.05. The molecule has 230 valence electrons. The fraction of sp³-hybridized carbons (Fsp3) is 1.00. The second-order valence-corrected chi connectivity index (χ2v) is 10.4. The van der Waals surface area contributed by atoms with Gasteiger partial charge in [0.15, 0.2) is 0 Å². The van der Waals surface area contributed by atoms with Crippen LogP contribution in [0.4, 0.5) is 25.2 Å². The van der Waals surface area contributed by atoms with Crippen molar-refractivity contribution in [1.29, 1.82) is 0 Å². The molecule has 0 saturated carbocycles. The van der Waals surface area contributed by atoms with E-state index >= 15 is 0 Å². The minimum absolute atomic E-state index is 1.05. The van der Waals surface area contributed by atoms with Crippen LogP contribution >= 0.6 is 60.1 Å². The molecule has 0 aliphatic carbocycles. The van der Waals surface area contributed by atoms with Crippen molar-refractivity contribution in [1.82, 2.24) is 0 Å². The van der Waals surface area contributed by atoms with Crippen molar-refractivity contribution in [3.05, 3.63) is 0 Å². The minimum atomic E-state index is -5.14. The fourth-order valence-electron chi connectivity index (χ4n) is 0.362. The highest BCUT2D eigenvalue weighted by molar-refractivity contribution is 7.80. The lowest BCUT2D eigenvalue weighted by atomic mass is 10.3. The van der Waals surface area contributed by atoms with Crippen molar-refractivity contribution in [2.75, 3.05) is 5.75 Å². The summed E-state index contributed by atoms with van der Waals surface area (Å²) in [4.78, 5) is 83.6. The van der Waals surface area contributed by atoms with Gasteiger partial charge in [-0.3, -0.25) is 58.7 Å². The van der Waals surface area contributed by atoms with Crippen LogP contribution in [0.3, 0.4) is 0 Å². The Morgan fingerprint density at radius 2 is 0.556 bits per heavy atom. The Balaban J connectivity index is -0.0000000546. The topological polar surface area (TPSA) is 345 Å². The van der Waals surface area contributed by atoms with Crippen LogP contribution in [0.1, 0.15) is 26.2 Å². The lowest BCUT2D eigenvalue weighted by Gasteiger charge is -1.85. The van der Waals surface area contributed by atoms with Gasteiger partial charge in [-0.05, 0) is 12.2 Å². The third-order valence-electron chi connectivity index (χ3n) is 0.762. The van der Waals surface area contributed by atoms with Gasteiger partial charge in [-0.2, -0.15) is 12.6 Å². The Morgan fingerprint density at radius 1 is 0.444 bits per heavy atom. The molecule has 31 heteroatoms. The van der Waals surface area contributed by atoms with Crippen LogP contribution < -0.4 is 0 Å². The first-order valence-corrected chi connectivity index (χ1v) is 16.7. The number of halogens is 6. The van der Waals surface area contributed by atoms with Crippen molar-refractivity contribution >= 4 is 60.1 Å². The Labute approximate surface area is 203 Å². The Kier molecular flexibility index (Phi) is 38.5. The zero-order valence-electron chi connectivity index (χ0n) is 17.0. The molecule has 0 rings (SSSR count). The van der Waals surface area contributed by atoms with Crippen LogP contribution in [-0.4, -0.2) is 64.5 Å². The molecule has 0 heterocycles. The average molecular weight is 704 g/mol. The summed E-state index contributed by atoms with van der Waals surface area (Å²) in [5, 5.41) is 0. The molecule has 0 spiro atoms. The lowest BCUT2D eigenvalue weighted by Crippen LogP contribution is -1.70. The fourth-order valence-corrected chi connectivity index (χ4v) is 0.585. The molecule has 0 saturated heterocycles. The van der Waals surface area contributed by atoms with E-state index in [9.17, 15) is 25.2 Å². The molecule has 36 heavy (non-hydrogen) atoms. The van der Waals surface area contributed by atoms with E-state index in [1.54, 1.807) is 0 Å². The largest absolute Gasteiger partial charge is 0.507 e. The summed E-state index contributed by atoms with van der Waals surface area (Å²) < 4.78 is 114. The normalized spacial score (nSPS) is 11.3. The zero-order chi connectivity index (χ0) is 31.8. The number of unbranched alkanes of at least 4 members (excludes halogenated alkanes) is 2. The molecule has 0 bridgehead atoms. The number of thiol groups is 1. The van der Waals surface area contributed by atoms with Crippen molar-refractivity contribution in [3.63, 3.8) is 0 Å². The summed E-state index contributed by atoms with van der Waals surface area (Å²) in [6.45, 7) is 2.20. The third-order valence-corrected chi connectivity index (χ3v) is 1.08. The Bertz CT molecular complexity index is 556. The van der Waals surface area contributed by atoms with Crippen LogP contribution in [0.2, 0.25) is 0 Å². The van der Waals surface area contributed by atoms with Gasteiger partial charge in [0.1, 0.15) is 0 Å². The van der Waals surface area contributed by atoms with Gasteiger partial charge >= 0.3 is 47.4 Å². The summed E-state index contributed by atoms with van der Waals surface area (Å²) in [6, 6.07) is 0. The molecule has 0 aromatic rings. The molecule has 0 fully saturated rings. The quantitative estimate of drug-likeness (QED) is 0.0867. The predicted molar refractivity (Wildman–Crippen MR) is 112 cm³/mol. The summed E-state index contributed by atoms with van der Waals surface area (Å²) in [5.41, 5.74) is 0. The van der Waals surface area contributed by atoms with Gasteiger partial charge < -0.3 is 0 Å². The van der Waals surface area contributed by atoms with Crippen molar-refractivity contribution < 1.29 is 111 Å². The molecular weight excluding hydrogens is 680 g/mol. The summed E-state index contributed by atoms with van der Waals surface area (Å²) in [6.07, 6.45) is 3.92. The molecule has 0 aliphatic heterocycles. The third kappa shape index (κ3) is 2720. The van der Waals surface area contributed by atoms with Crippen LogP contribution in [-0.2, 0) is 27.4 Å². The van der Waals surface area contributed by atoms with Gasteiger partial charge in [0.25, 0.3) is 0 Å². The molecule has 0 aromatic carbocycles. The van der Waals surface area contributed by atoms with Crippen molar-refractivity contribution in [2.45, 2.75) is 26.2 Å². The van der Waals surface area contributed by atoms with Gasteiger partial charge in [-0.15, -0.1) is 25.2 Å².